The summed E-state index contributed by atoms with van der Waals surface area (Å²) >= 11 is 3.07. The molecule has 0 saturated carbocycles. The predicted octanol–water partition coefficient (Wildman–Crippen LogP) is 4.48. The first kappa shape index (κ1) is 14.3. The van der Waals surface area contributed by atoms with Crippen molar-refractivity contribution < 1.29 is 19.0 Å². The highest BCUT2D eigenvalue weighted by atomic mass is 79.9. The molecule has 5 heteroatoms. The molecular weight excluding hydrogens is 327 g/mol. The number of hydrogen-bond donors (Lipinski definition) is 1. The van der Waals surface area contributed by atoms with Crippen LogP contribution in [0, 0.1) is 5.82 Å². The standard InChI is InChI=1S/C15H10BrFO3/c16-13-7-6-12(9-14(13)17)20-11-4-1-10(2-5-11)3-8-15(18)19/h1-9H,(H,18,19). The number of carbonyl (C=O) groups is 1. The van der Waals surface area contributed by atoms with Gasteiger partial charge in [0.15, 0.2) is 0 Å². The Morgan fingerprint density at radius 3 is 2.40 bits per heavy atom. The highest BCUT2D eigenvalue weighted by molar-refractivity contribution is 9.10. The molecule has 0 unspecified atom stereocenters. The molecule has 2 aromatic rings. The zero-order valence-electron chi connectivity index (χ0n) is 10.2. The molecule has 0 aliphatic rings. The Kier molecular flexibility index (Phi) is 4.53. The first-order chi connectivity index (χ1) is 9.54. The van der Waals surface area contributed by atoms with Crippen LogP contribution < -0.4 is 4.74 Å². The molecule has 102 valence electrons. The first-order valence-electron chi connectivity index (χ1n) is 5.68. The van der Waals surface area contributed by atoms with Crippen LogP contribution in [0.2, 0.25) is 0 Å². The number of halogens is 2. The Bertz CT molecular complexity index is 651. The average Bonchev–Trinajstić information content (AvgIpc) is 2.42. The highest BCUT2D eigenvalue weighted by Gasteiger charge is 2.02. The van der Waals surface area contributed by atoms with Gasteiger partial charge in [0.05, 0.1) is 4.47 Å². The Morgan fingerprint density at radius 1 is 1.15 bits per heavy atom. The van der Waals surface area contributed by atoms with Crippen molar-refractivity contribution in [2.24, 2.45) is 0 Å². The van der Waals surface area contributed by atoms with Crippen LogP contribution in [-0.4, -0.2) is 11.1 Å². The summed E-state index contributed by atoms with van der Waals surface area (Å²) in [6, 6.07) is 11.3. The minimum absolute atomic E-state index is 0.374. The molecule has 0 aliphatic carbocycles. The van der Waals surface area contributed by atoms with Crippen molar-refractivity contribution in [1.82, 2.24) is 0 Å². The monoisotopic (exact) mass is 336 g/mol. The van der Waals surface area contributed by atoms with Gasteiger partial charge in [0, 0.05) is 12.1 Å². The fourth-order valence-corrected chi connectivity index (χ4v) is 1.74. The van der Waals surface area contributed by atoms with Crippen LogP contribution in [0.4, 0.5) is 4.39 Å². The summed E-state index contributed by atoms with van der Waals surface area (Å²) in [7, 11) is 0. The summed E-state index contributed by atoms with van der Waals surface area (Å²) in [5, 5.41) is 8.52. The van der Waals surface area contributed by atoms with E-state index >= 15 is 0 Å². The number of ether oxygens (including phenoxy) is 1. The molecule has 20 heavy (non-hydrogen) atoms. The molecule has 0 saturated heterocycles. The quantitative estimate of drug-likeness (QED) is 0.837. The fraction of sp³-hybridized carbons (Fsp3) is 0. The van der Waals surface area contributed by atoms with Gasteiger partial charge in [0.25, 0.3) is 0 Å². The van der Waals surface area contributed by atoms with Crippen molar-refractivity contribution >= 4 is 28.0 Å². The van der Waals surface area contributed by atoms with Gasteiger partial charge in [0.1, 0.15) is 17.3 Å². The number of rotatable bonds is 4. The summed E-state index contributed by atoms with van der Waals surface area (Å²) in [5.74, 6) is -0.474. The van der Waals surface area contributed by atoms with Gasteiger partial charge in [-0.2, -0.15) is 0 Å². The normalized spacial score (nSPS) is 10.7. The van der Waals surface area contributed by atoms with Crippen LogP contribution in [0.15, 0.2) is 53.0 Å². The summed E-state index contributed by atoms with van der Waals surface area (Å²) < 4.78 is 19.2. The summed E-state index contributed by atoms with van der Waals surface area (Å²) in [6.45, 7) is 0. The molecule has 0 bridgehead atoms. The van der Waals surface area contributed by atoms with Crippen LogP contribution in [-0.2, 0) is 4.79 Å². The zero-order valence-corrected chi connectivity index (χ0v) is 11.8. The van der Waals surface area contributed by atoms with E-state index in [2.05, 4.69) is 15.9 Å². The molecular formula is C15H10BrFO3. The van der Waals surface area contributed by atoms with Gasteiger partial charge in [-0.1, -0.05) is 12.1 Å². The minimum atomic E-state index is -1.00. The minimum Gasteiger partial charge on any atom is -0.478 e. The van der Waals surface area contributed by atoms with Crippen molar-refractivity contribution in [3.8, 4) is 11.5 Å². The molecule has 0 aromatic heterocycles. The summed E-state index contributed by atoms with van der Waals surface area (Å²) in [5.41, 5.74) is 0.738. The number of hydrogen-bond acceptors (Lipinski definition) is 2. The lowest BCUT2D eigenvalue weighted by Gasteiger charge is -2.06. The Balaban J connectivity index is 2.10. The Hall–Kier alpha value is -2.14. The van der Waals surface area contributed by atoms with Gasteiger partial charge in [-0.25, -0.2) is 9.18 Å². The first-order valence-corrected chi connectivity index (χ1v) is 6.48. The Morgan fingerprint density at radius 2 is 1.80 bits per heavy atom. The fourth-order valence-electron chi connectivity index (χ4n) is 1.49. The molecule has 2 rings (SSSR count). The summed E-state index contributed by atoms with van der Waals surface area (Å²) in [4.78, 5) is 10.4. The number of carboxylic acid groups (broad SMARTS) is 1. The van der Waals surface area contributed by atoms with Crippen molar-refractivity contribution in [2.45, 2.75) is 0 Å². The van der Waals surface area contributed by atoms with Crippen LogP contribution in [0.5, 0.6) is 11.5 Å². The van der Waals surface area contributed by atoms with E-state index in [-0.39, 0.29) is 0 Å². The second-order valence-corrected chi connectivity index (χ2v) is 4.77. The molecule has 0 fully saturated rings. The molecule has 3 nitrogen and oxygen atoms in total. The van der Waals surface area contributed by atoms with E-state index in [0.29, 0.717) is 16.0 Å². The van der Waals surface area contributed by atoms with Crippen molar-refractivity contribution in [3.63, 3.8) is 0 Å². The van der Waals surface area contributed by atoms with E-state index in [1.165, 1.54) is 12.1 Å². The van der Waals surface area contributed by atoms with Gasteiger partial charge in [-0.05, 0) is 51.8 Å². The van der Waals surface area contributed by atoms with E-state index in [4.69, 9.17) is 9.84 Å². The van der Waals surface area contributed by atoms with Gasteiger partial charge < -0.3 is 9.84 Å². The van der Waals surface area contributed by atoms with Crippen molar-refractivity contribution in [1.29, 1.82) is 0 Å². The van der Waals surface area contributed by atoms with Gasteiger partial charge >= 0.3 is 5.97 Å². The molecule has 0 spiro atoms. The molecule has 0 aliphatic heterocycles. The van der Waals surface area contributed by atoms with Crippen molar-refractivity contribution in [2.75, 3.05) is 0 Å². The van der Waals surface area contributed by atoms with Gasteiger partial charge in [-0.15, -0.1) is 0 Å². The maximum atomic E-state index is 13.3. The van der Waals surface area contributed by atoms with E-state index in [9.17, 15) is 9.18 Å². The van der Waals surface area contributed by atoms with Crippen LogP contribution in [0.25, 0.3) is 6.08 Å². The third kappa shape index (κ3) is 3.93. The second-order valence-electron chi connectivity index (χ2n) is 3.92. The van der Waals surface area contributed by atoms with E-state index in [1.54, 1.807) is 36.4 Å². The lowest BCUT2D eigenvalue weighted by atomic mass is 10.2. The predicted molar refractivity (Wildman–Crippen MR) is 77.3 cm³/mol. The average molecular weight is 337 g/mol. The molecule has 2 aromatic carbocycles. The molecule has 0 atom stereocenters. The third-order valence-corrected chi connectivity index (χ3v) is 3.07. The third-order valence-electron chi connectivity index (χ3n) is 2.43. The maximum absolute atomic E-state index is 13.3. The number of benzene rings is 2. The maximum Gasteiger partial charge on any atom is 0.328 e. The van der Waals surface area contributed by atoms with Crippen LogP contribution >= 0.6 is 15.9 Å². The molecule has 1 N–H and O–H groups in total. The SMILES string of the molecule is O=C(O)C=Cc1ccc(Oc2ccc(Br)c(F)c2)cc1. The second kappa shape index (κ2) is 6.34. The Labute approximate surface area is 123 Å². The van der Waals surface area contributed by atoms with Crippen LogP contribution in [0.1, 0.15) is 5.56 Å². The van der Waals surface area contributed by atoms with E-state index in [0.717, 1.165) is 11.6 Å². The van der Waals surface area contributed by atoms with Gasteiger partial charge in [-0.3, -0.25) is 0 Å². The molecule has 0 amide bonds. The molecule has 0 radical (unpaired) electrons. The van der Waals surface area contributed by atoms with Gasteiger partial charge in [0.2, 0.25) is 0 Å². The highest BCUT2D eigenvalue weighted by Crippen LogP contribution is 2.26. The lowest BCUT2D eigenvalue weighted by molar-refractivity contribution is -0.131. The topological polar surface area (TPSA) is 46.5 Å². The number of carboxylic acids is 1. The molecule has 0 heterocycles. The lowest BCUT2D eigenvalue weighted by Crippen LogP contribution is -1.87. The van der Waals surface area contributed by atoms with Crippen molar-refractivity contribution in [3.05, 3.63) is 64.4 Å². The summed E-state index contributed by atoms with van der Waals surface area (Å²) in [6.07, 6.45) is 2.53. The largest absolute Gasteiger partial charge is 0.478 e. The number of aliphatic carboxylic acids is 1. The zero-order chi connectivity index (χ0) is 14.5. The van der Waals surface area contributed by atoms with Crippen LogP contribution in [0.3, 0.4) is 0 Å². The van der Waals surface area contributed by atoms with E-state index < -0.39 is 11.8 Å². The smallest absolute Gasteiger partial charge is 0.328 e. The van der Waals surface area contributed by atoms with E-state index in [1.807, 2.05) is 0 Å².